The van der Waals surface area contributed by atoms with Crippen LogP contribution in [0.25, 0.3) is 0 Å². The van der Waals surface area contributed by atoms with Crippen molar-refractivity contribution >= 4 is 17.3 Å². The highest BCUT2D eigenvalue weighted by Gasteiger charge is 2.11. The van der Waals surface area contributed by atoms with Crippen molar-refractivity contribution in [2.45, 2.75) is 13.5 Å². The average Bonchev–Trinajstić information content (AvgIpc) is 2.48. The molecule has 0 fully saturated rings. The molecular formula is C16H16ClNO2. The molecule has 0 aromatic heterocycles. The number of rotatable bonds is 3. The highest BCUT2D eigenvalue weighted by Crippen LogP contribution is 2.32. The summed E-state index contributed by atoms with van der Waals surface area (Å²) >= 11 is 6.13. The Morgan fingerprint density at radius 2 is 1.85 bits per heavy atom. The molecule has 0 amide bonds. The number of fused-ring (bicyclic) bond motifs is 1. The fourth-order valence-electron chi connectivity index (χ4n) is 2.10. The SMILES string of the molecule is Cc1ccc(CNc2ccc3c(c2)OCCO3)cc1Cl. The maximum atomic E-state index is 6.13. The molecule has 0 spiro atoms. The van der Waals surface area contributed by atoms with Crippen LogP contribution in [0.5, 0.6) is 11.5 Å². The Hall–Kier alpha value is -1.87. The van der Waals surface area contributed by atoms with Gasteiger partial charge >= 0.3 is 0 Å². The average molecular weight is 290 g/mol. The lowest BCUT2D eigenvalue weighted by Gasteiger charge is -2.19. The minimum atomic E-state index is 0.601. The van der Waals surface area contributed by atoms with Gasteiger partial charge in [0.25, 0.3) is 0 Å². The van der Waals surface area contributed by atoms with Gasteiger partial charge in [-0.05, 0) is 36.2 Å². The zero-order valence-corrected chi connectivity index (χ0v) is 12.0. The fourth-order valence-corrected chi connectivity index (χ4v) is 2.31. The molecule has 0 bridgehead atoms. The largest absolute Gasteiger partial charge is 0.486 e. The predicted molar refractivity (Wildman–Crippen MR) is 80.9 cm³/mol. The molecule has 1 aliphatic heterocycles. The zero-order chi connectivity index (χ0) is 13.9. The van der Waals surface area contributed by atoms with Gasteiger partial charge in [0.2, 0.25) is 0 Å². The van der Waals surface area contributed by atoms with E-state index in [1.165, 1.54) is 0 Å². The zero-order valence-electron chi connectivity index (χ0n) is 11.3. The minimum absolute atomic E-state index is 0.601. The summed E-state index contributed by atoms with van der Waals surface area (Å²) in [5.41, 5.74) is 3.25. The molecule has 20 heavy (non-hydrogen) atoms. The highest BCUT2D eigenvalue weighted by atomic mass is 35.5. The Morgan fingerprint density at radius 1 is 1.05 bits per heavy atom. The highest BCUT2D eigenvalue weighted by molar-refractivity contribution is 6.31. The van der Waals surface area contributed by atoms with Gasteiger partial charge in [-0.2, -0.15) is 0 Å². The maximum Gasteiger partial charge on any atom is 0.163 e. The topological polar surface area (TPSA) is 30.5 Å². The van der Waals surface area contributed by atoms with Crippen molar-refractivity contribution in [2.75, 3.05) is 18.5 Å². The molecule has 3 nitrogen and oxygen atoms in total. The third-order valence-electron chi connectivity index (χ3n) is 3.28. The van der Waals surface area contributed by atoms with Crippen molar-refractivity contribution in [1.29, 1.82) is 0 Å². The number of benzene rings is 2. The van der Waals surface area contributed by atoms with Gasteiger partial charge in [-0.3, -0.25) is 0 Å². The van der Waals surface area contributed by atoms with Crippen LogP contribution in [0.2, 0.25) is 5.02 Å². The van der Waals surface area contributed by atoms with Crippen molar-refractivity contribution in [3.8, 4) is 11.5 Å². The van der Waals surface area contributed by atoms with Crippen LogP contribution < -0.4 is 14.8 Å². The van der Waals surface area contributed by atoms with Gasteiger partial charge in [0, 0.05) is 23.3 Å². The first-order valence-corrected chi connectivity index (χ1v) is 6.99. The standard InChI is InChI=1S/C16H16ClNO2/c1-11-2-3-12(8-14(11)17)10-18-13-4-5-15-16(9-13)20-7-6-19-15/h2-5,8-9,18H,6-7,10H2,1H3. The second-order valence-corrected chi connectivity index (χ2v) is 5.20. The van der Waals surface area contributed by atoms with E-state index in [2.05, 4.69) is 11.4 Å². The molecule has 0 atom stereocenters. The Labute approximate surface area is 123 Å². The molecule has 0 saturated carbocycles. The Kier molecular flexibility index (Phi) is 3.70. The molecule has 0 aliphatic carbocycles. The van der Waals surface area contributed by atoms with Gasteiger partial charge in [-0.25, -0.2) is 0 Å². The van der Waals surface area contributed by atoms with E-state index in [0.717, 1.165) is 39.9 Å². The van der Waals surface area contributed by atoms with Crippen molar-refractivity contribution in [2.24, 2.45) is 0 Å². The van der Waals surface area contributed by atoms with Crippen LogP contribution in [0.3, 0.4) is 0 Å². The van der Waals surface area contributed by atoms with Crippen LogP contribution in [0.15, 0.2) is 36.4 Å². The first-order chi connectivity index (χ1) is 9.72. The summed E-state index contributed by atoms with van der Waals surface area (Å²) < 4.78 is 11.1. The molecule has 0 unspecified atom stereocenters. The van der Waals surface area contributed by atoms with E-state index in [0.29, 0.717) is 13.2 Å². The first-order valence-electron chi connectivity index (χ1n) is 6.61. The van der Waals surface area contributed by atoms with Crippen LogP contribution in [0.4, 0.5) is 5.69 Å². The van der Waals surface area contributed by atoms with E-state index in [4.69, 9.17) is 21.1 Å². The van der Waals surface area contributed by atoms with Gasteiger partial charge in [0.1, 0.15) is 13.2 Å². The summed E-state index contributed by atoms with van der Waals surface area (Å²) in [5, 5.41) is 4.16. The molecule has 0 saturated heterocycles. The molecule has 3 rings (SSSR count). The lowest BCUT2D eigenvalue weighted by molar-refractivity contribution is 0.171. The number of hydrogen-bond donors (Lipinski definition) is 1. The predicted octanol–water partition coefficient (Wildman–Crippen LogP) is 4.03. The molecule has 1 aliphatic rings. The molecule has 4 heteroatoms. The van der Waals surface area contributed by atoms with E-state index in [9.17, 15) is 0 Å². The Balaban J connectivity index is 1.70. The van der Waals surface area contributed by atoms with Crippen molar-refractivity contribution in [3.05, 3.63) is 52.5 Å². The van der Waals surface area contributed by atoms with Crippen LogP contribution in [0.1, 0.15) is 11.1 Å². The normalized spacial score (nSPS) is 13.1. The van der Waals surface area contributed by atoms with Crippen LogP contribution in [-0.2, 0) is 6.54 Å². The summed E-state index contributed by atoms with van der Waals surface area (Å²) in [6.07, 6.45) is 0. The number of ether oxygens (including phenoxy) is 2. The second kappa shape index (κ2) is 5.63. The first kappa shape index (κ1) is 13.1. The molecule has 0 radical (unpaired) electrons. The lowest BCUT2D eigenvalue weighted by atomic mass is 10.1. The molecule has 2 aromatic rings. The number of aryl methyl sites for hydroxylation is 1. The summed E-state index contributed by atoms with van der Waals surface area (Å²) in [4.78, 5) is 0. The Bertz CT molecular complexity index is 628. The third-order valence-corrected chi connectivity index (χ3v) is 3.68. The molecule has 1 heterocycles. The van der Waals surface area contributed by atoms with Gasteiger partial charge in [0.15, 0.2) is 11.5 Å². The van der Waals surface area contributed by atoms with E-state index in [1.807, 2.05) is 37.3 Å². The van der Waals surface area contributed by atoms with Crippen LogP contribution in [0, 0.1) is 6.92 Å². The summed E-state index contributed by atoms with van der Waals surface area (Å²) in [6, 6.07) is 12.0. The van der Waals surface area contributed by atoms with Gasteiger partial charge in [-0.15, -0.1) is 0 Å². The van der Waals surface area contributed by atoms with Crippen molar-refractivity contribution < 1.29 is 9.47 Å². The van der Waals surface area contributed by atoms with E-state index < -0.39 is 0 Å². The minimum Gasteiger partial charge on any atom is -0.486 e. The van der Waals surface area contributed by atoms with E-state index in [1.54, 1.807) is 0 Å². The summed E-state index contributed by atoms with van der Waals surface area (Å²) in [6.45, 7) is 3.94. The number of anilines is 1. The van der Waals surface area contributed by atoms with E-state index >= 15 is 0 Å². The van der Waals surface area contributed by atoms with Gasteiger partial charge in [-0.1, -0.05) is 23.7 Å². The van der Waals surface area contributed by atoms with E-state index in [-0.39, 0.29) is 0 Å². The number of nitrogens with one attached hydrogen (secondary N) is 1. The smallest absolute Gasteiger partial charge is 0.163 e. The lowest BCUT2D eigenvalue weighted by Crippen LogP contribution is -2.15. The summed E-state index contributed by atoms with van der Waals surface area (Å²) in [5.74, 6) is 1.60. The van der Waals surface area contributed by atoms with Crippen LogP contribution in [-0.4, -0.2) is 13.2 Å². The maximum absolute atomic E-state index is 6.13. The molecule has 1 N–H and O–H groups in total. The summed E-state index contributed by atoms with van der Waals surface area (Å²) in [7, 11) is 0. The molecule has 2 aromatic carbocycles. The molecule has 104 valence electrons. The van der Waals surface area contributed by atoms with Crippen molar-refractivity contribution in [3.63, 3.8) is 0 Å². The monoisotopic (exact) mass is 289 g/mol. The van der Waals surface area contributed by atoms with Gasteiger partial charge in [0.05, 0.1) is 0 Å². The van der Waals surface area contributed by atoms with Gasteiger partial charge < -0.3 is 14.8 Å². The fraction of sp³-hybridized carbons (Fsp3) is 0.250. The Morgan fingerprint density at radius 3 is 2.65 bits per heavy atom. The quantitative estimate of drug-likeness (QED) is 0.925. The van der Waals surface area contributed by atoms with Crippen molar-refractivity contribution in [1.82, 2.24) is 0 Å². The second-order valence-electron chi connectivity index (χ2n) is 4.80. The number of halogens is 1. The van der Waals surface area contributed by atoms with Crippen LogP contribution >= 0.6 is 11.6 Å². The molecular weight excluding hydrogens is 274 g/mol. The third kappa shape index (κ3) is 2.83. The number of hydrogen-bond acceptors (Lipinski definition) is 3.